The third kappa shape index (κ3) is 38.9. The van der Waals surface area contributed by atoms with Crippen molar-refractivity contribution in [1.29, 1.82) is 0 Å². The van der Waals surface area contributed by atoms with E-state index in [2.05, 4.69) is 57.2 Å². The standard InChI is InChI=1S/C46H82O6/c1-4-7-10-13-16-19-21-23-25-27-30-33-36-39-45(48)51-42-43(41-50-44(47)38-35-32-29-26-18-15-12-9-6-3)52-46(49)40-37-34-31-28-24-22-20-17-14-11-8-5-2/h9,12,17-18,20,26,43H,4-8,10-11,13-16,19,21-25,27-42H2,1-3H3/b12-9-,20-17-,26-18-. The van der Waals surface area contributed by atoms with Crippen LogP contribution < -0.4 is 0 Å². The average Bonchev–Trinajstić information content (AvgIpc) is 3.14. The number of esters is 3. The maximum Gasteiger partial charge on any atom is 0.306 e. The second-order valence-electron chi connectivity index (χ2n) is 14.6. The number of rotatable bonds is 39. The molecule has 0 rings (SSSR count). The van der Waals surface area contributed by atoms with Crippen LogP contribution in [0, 0.1) is 0 Å². The summed E-state index contributed by atoms with van der Waals surface area (Å²) in [5, 5.41) is 0. The van der Waals surface area contributed by atoms with Crippen LogP contribution in [0.2, 0.25) is 0 Å². The summed E-state index contributed by atoms with van der Waals surface area (Å²) < 4.78 is 16.6. The largest absolute Gasteiger partial charge is 0.462 e. The van der Waals surface area contributed by atoms with Gasteiger partial charge in [0.25, 0.3) is 0 Å². The fraction of sp³-hybridized carbons (Fsp3) is 0.804. The van der Waals surface area contributed by atoms with Crippen molar-refractivity contribution >= 4 is 17.9 Å². The number of carbonyl (C=O) groups is 3. The first kappa shape index (κ1) is 49.6. The van der Waals surface area contributed by atoms with Crippen LogP contribution in [0.1, 0.15) is 220 Å². The van der Waals surface area contributed by atoms with Crippen molar-refractivity contribution in [3.05, 3.63) is 36.5 Å². The Labute approximate surface area is 321 Å². The molecule has 6 nitrogen and oxygen atoms in total. The predicted molar refractivity (Wildman–Crippen MR) is 219 cm³/mol. The van der Waals surface area contributed by atoms with Crippen molar-refractivity contribution in [3.63, 3.8) is 0 Å². The lowest BCUT2D eigenvalue weighted by Gasteiger charge is -2.18. The molecule has 0 aliphatic carbocycles. The van der Waals surface area contributed by atoms with E-state index in [9.17, 15) is 14.4 Å². The lowest BCUT2D eigenvalue weighted by Crippen LogP contribution is -2.30. The van der Waals surface area contributed by atoms with Crippen LogP contribution in [0.25, 0.3) is 0 Å². The van der Waals surface area contributed by atoms with Gasteiger partial charge in [-0.1, -0.05) is 166 Å². The molecule has 0 heterocycles. The van der Waals surface area contributed by atoms with Crippen LogP contribution in [0.15, 0.2) is 36.5 Å². The van der Waals surface area contributed by atoms with E-state index in [0.29, 0.717) is 19.3 Å². The number of ether oxygens (including phenoxy) is 3. The van der Waals surface area contributed by atoms with Crippen LogP contribution in [0.4, 0.5) is 0 Å². The number of carbonyl (C=O) groups excluding carboxylic acids is 3. The van der Waals surface area contributed by atoms with Crippen molar-refractivity contribution in [1.82, 2.24) is 0 Å². The first-order chi connectivity index (χ1) is 25.5. The highest BCUT2D eigenvalue weighted by molar-refractivity contribution is 5.71. The van der Waals surface area contributed by atoms with Crippen molar-refractivity contribution in [3.8, 4) is 0 Å². The van der Waals surface area contributed by atoms with Gasteiger partial charge in [0, 0.05) is 19.3 Å². The molecule has 0 radical (unpaired) electrons. The Hall–Kier alpha value is -2.37. The van der Waals surface area contributed by atoms with Gasteiger partial charge in [-0.25, -0.2) is 0 Å². The molecule has 0 fully saturated rings. The maximum absolute atomic E-state index is 12.7. The van der Waals surface area contributed by atoms with E-state index < -0.39 is 6.10 Å². The molecule has 52 heavy (non-hydrogen) atoms. The Morgan fingerprint density at radius 1 is 0.404 bits per heavy atom. The van der Waals surface area contributed by atoms with Crippen LogP contribution in [-0.2, 0) is 28.6 Å². The molecule has 0 aliphatic heterocycles. The summed E-state index contributed by atoms with van der Waals surface area (Å²) in [4.78, 5) is 37.6. The summed E-state index contributed by atoms with van der Waals surface area (Å²) in [5.74, 6) is -0.932. The minimum atomic E-state index is -0.782. The summed E-state index contributed by atoms with van der Waals surface area (Å²) in [7, 11) is 0. The van der Waals surface area contributed by atoms with E-state index in [1.807, 2.05) is 0 Å². The van der Waals surface area contributed by atoms with E-state index in [1.54, 1.807) is 0 Å². The van der Waals surface area contributed by atoms with Crippen molar-refractivity contribution in [2.45, 2.75) is 226 Å². The summed E-state index contributed by atoms with van der Waals surface area (Å²) in [5.41, 5.74) is 0. The highest BCUT2D eigenvalue weighted by atomic mass is 16.6. The normalized spacial score (nSPS) is 12.3. The molecule has 6 heteroatoms. The molecule has 0 aliphatic rings. The third-order valence-corrected chi connectivity index (χ3v) is 9.38. The molecule has 1 unspecified atom stereocenters. The first-order valence-corrected chi connectivity index (χ1v) is 22.0. The van der Waals surface area contributed by atoms with Crippen LogP contribution >= 0.6 is 0 Å². The zero-order valence-electron chi connectivity index (χ0n) is 34.3. The molecule has 1 atom stereocenters. The Bertz CT molecular complexity index is 891. The number of hydrogen-bond acceptors (Lipinski definition) is 6. The zero-order chi connectivity index (χ0) is 38.0. The molecule has 302 valence electrons. The topological polar surface area (TPSA) is 78.9 Å². The van der Waals surface area contributed by atoms with Gasteiger partial charge in [-0.3, -0.25) is 14.4 Å². The first-order valence-electron chi connectivity index (χ1n) is 22.0. The molecule has 0 aromatic heterocycles. The molecule has 0 saturated heterocycles. The molecule has 0 bridgehead atoms. The van der Waals surface area contributed by atoms with Gasteiger partial charge in [-0.05, 0) is 70.6 Å². The Balaban J connectivity index is 4.38. The summed E-state index contributed by atoms with van der Waals surface area (Å²) in [6.07, 6.45) is 45.6. The van der Waals surface area contributed by atoms with Gasteiger partial charge in [0.05, 0.1) is 0 Å². The van der Waals surface area contributed by atoms with Crippen LogP contribution in [0.5, 0.6) is 0 Å². The minimum absolute atomic E-state index is 0.0838. The van der Waals surface area contributed by atoms with Gasteiger partial charge in [0.15, 0.2) is 6.10 Å². The van der Waals surface area contributed by atoms with Crippen molar-refractivity contribution < 1.29 is 28.6 Å². The van der Waals surface area contributed by atoms with Gasteiger partial charge in [-0.2, -0.15) is 0 Å². The summed E-state index contributed by atoms with van der Waals surface area (Å²) >= 11 is 0. The van der Waals surface area contributed by atoms with Crippen molar-refractivity contribution in [2.24, 2.45) is 0 Å². The second-order valence-corrected chi connectivity index (χ2v) is 14.6. The Kier molecular flexibility index (Phi) is 39.5. The predicted octanol–water partition coefficient (Wildman–Crippen LogP) is 13.8. The van der Waals surface area contributed by atoms with E-state index in [0.717, 1.165) is 83.5 Å². The van der Waals surface area contributed by atoms with Crippen LogP contribution in [0.3, 0.4) is 0 Å². The van der Waals surface area contributed by atoms with E-state index in [-0.39, 0.29) is 31.1 Å². The molecule has 0 saturated carbocycles. The van der Waals surface area contributed by atoms with Gasteiger partial charge in [0.1, 0.15) is 13.2 Å². The maximum atomic E-state index is 12.7. The molecule has 0 aromatic rings. The molecule has 0 N–H and O–H groups in total. The summed E-state index contributed by atoms with van der Waals surface area (Å²) in [6, 6.07) is 0. The fourth-order valence-corrected chi connectivity index (χ4v) is 6.06. The van der Waals surface area contributed by atoms with E-state index in [1.165, 1.54) is 96.3 Å². The average molecular weight is 731 g/mol. The zero-order valence-corrected chi connectivity index (χ0v) is 34.3. The molecular weight excluding hydrogens is 649 g/mol. The molecule has 0 aromatic carbocycles. The monoisotopic (exact) mass is 731 g/mol. The van der Waals surface area contributed by atoms with Crippen LogP contribution in [-0.4, -0.2) is 37.2 Å². The highest BCUT2D eigenvalue weighted by Crippen LogP contribution is 2.14. The Morgan fingerprint density at radius 3 is 1.25 bits per heavy atom. The Morgan fingerprint density at radius 2 is 0.750 bits per heavy atom. The SMILES string of the molecule is CC/C=C\C/C=C\CCCCC(=O)OCC(COC(=O)CCCCCCCCCCCCCCC)OC(=O)CCCCCCC/C=C\CCCCC. The van der Waals surface area contributed by atoms with Crippen molar-refractivity contribution in [2.75, 3.05) is 13.2 Å². The quantitative estimate of drug-likeness (QED) is 0.0271. The molecule has 0 amide bonds. The number of allylic oxidation sites excluding steroid dienone is 6. The highest BCUT2D eigenvalue weighted by Gasteiger charge is 2.19. The van der Waals surface area contributed by atoms with E-state index >= 15 is 0 Å². The van der Waals surface area contributed by atoms with E-state index in [4.69, 9.17) is 14.2 Å². The van der Waals surface area contributed by atoms with Gasteiger partial charge < -0.3 is 14.2 Å². The second kappa shape index (κ2) is 41.4. The molecule has 0 spiro atoms. The number of unbranched alkanes of at least 4 members (excludes halogenated alkanes) is 22. The minimum Gasteiger partial charge on any atom is -0.462 e. The molecular formula is C46H82O6. The fourth-order valence-electron chi connectivity index (χ4n) is 6.06. The third-order valence-electron chi connectivity index (χ3n) is 9.38. The van der Waals surface area contributed by atoms with Gasteiger partial charge in [0.2, 0.25) is 0 Å². The number of hydrogen-bond donors (Lipinski definition) is 0. The van der Waals surface area contributed by atoms with Gasteiger partial charge in [-0.15, -0.1) is 0 Å². The smallest absolute Gasteiger partial charge is 0.306 e. The van der Waals surface area contributed by atoms with Gasteiger partial charge >= 0.3 is 17.9 Å². The lowest BCUT2D eigenvalue weighted by molar-refractivity contribution is -0.167. The lowest BCUT2D eigenvalue weighted by atomic mass is 10.0. The summed E-state index contributed by atoms with van der Waals surface area (Å²) in [6.45, 7) is 6.44.